The van der Waals surface area contributed by atoms with Crippen molar-refractivity contribution in [2.75, 3.05) is 0 Å². The molecule has 2 N–H and O–H groups in total. The van der Waals surface area contributed by atoms with E-state index in [1.165, 1.54) is 6.07 Å². The van der Waals surface area contributed by atoms with Crippen LogP contribution in [0.2, 0.25) is 0 Å². The van der Waals surface area contributed by atoms with Crippen molar-refractivity contribution in [2.24, 2.45) is 0 Å². The van der Waals surface area contributed by atoms with Gasteiger partial charge >= 0.3 is 7.12 Å². The molecular weight excluding hydrogens is 204 g/mol. The monoisotopic (exact) mass is 210 g/mol. The molecule has 0 bridgehead atoms. The molecule has 4 heteroatoms. The van der Waals surface area contributed by atoms with E-state index < -0.39 is 7.12 Å². The molecule has 1 aromatic rings. The average molecular weight is 210 g/mol. The van der Waals surface area contributed by atoms with Crippen LogP contribution in [-0.2, 0) is 32.7 Å². The summed E-state index contributed by atoms with van der Waals surface area (Å²) >= 11 is 0. The van der Waals surface area contributed by atoms with E-state index in [4.69, 9.17) is 10.0 Å². The van der Waals surface area contributed by atoms with E-state index in [-0.39, 0.29) is 32.7 Å². The summed E-state index contributed by atoms with van der Waals surface area (Å²) in [7, 11) is -1.37. The Balaban J connectivity index is 0.000000810. The molecule has 1 rings (SSSR count). The van der Waals surface area contributed by atoms with Crippen molar-refractivity contribution in [1.29, 1.82) is 0 Å². The summed E-state index contributed by atoms with van der Waals surface area (Å²) in [6, 6.07) is 9.28. The van der Waals surface area contributed by atoms with E-state index >= 15 is 0 Å². The Labute approximate surface area is 85.3 Å². The molecule has 1 aromatic carbocycles. The van der Waals surface area contributed by atoms with Crippen molar-refractivity contribution in [3.05, 3.63) is 30.3 Å². The molecule has 0 aliphatic heterocycles. The fourth-order valence-electron chi connectivity index (χ4n) is 0.568. The van der Waals surface area contributed by atoms with Gasteiger partial charge in [0.05, 0.1) is 0 Å². The molecule has 2 nitrogen and oxygen atoms in total. The fraction of sp³-hybridized carbons (Fsp3) is 0. The quantitative estimate of drug-likeness (QED) is 0.468. The van der Waals surface area contributed by atoms with Crippen molar-refractivity contribution in [1.82, 2.24) is 0 Å². The molecule has 0 aliphatic carbocycles. The first-order valence-corrected chi connectivity index (χ1v) is 2.63. The zero-order chi connectivity index (χ0) is 6.69. The first-order valence-electron chi connectivity index (χ1n) is 2.63. The predicted octanol–water partition coefficient (Wildman–Crippen LogP) is -0.836. The Bertz CT molecular complexity index is 178. The number of hydrogen-bond acceptors (Lipinski definition) is 2. The molecule has 1 radical (unpaired) electrons. The predicted molar refractivity (Wildman–Crippen MR) is 35.1 cm³/mol. The van der Waals surface area contributed by atoms with Crippen LogP contribution in [0.5, 0.6) is 0 Å². The van der Waals surface area contributed by atoms with Crippen LogP contribution in [-0.4, -0.2) is 17.2 Å². The molecule has 0 heterocycles. The van der Waals surface area contributed by atoms with E-state index in [0.717, 1.165) is 0 Å². The van der Waals surface area contributed by atoms with Crippen LogP contribution in [0.3, 0.4) is 0 Å². The fourth-order valence-corrected chi connectivity index (χ4v) is 0.568. The normalized spacial score (nSPS) is 8.20. The summed E-state index contributed by atoms with van der Waals surface area (Å²) in [5.41, 5.74) is 0.470. The third kappa shape index (κ3) is 2.93. The zero-order valence-electron chi connectivity index (χ0n) is 5.36. The third-order valence-electron chi connectivity index (χ3n) is 1.03. The van der Waals surface area contributed by atoms with Crippen LogP contribution < -0.4 is 5.46 Å². The third-order valence-corrected chi connectivity index (χ3v) is 1.03. The van der Waals surface area contributed by atoms with Crippen LogP contribution in [0.1, 0.15) is 0 Å². The minimum Gasteiger partial charge on any atom is -0.434 e. The van der Waals surface area contributed by atoms with Crippen LogP contribution in [0.4, 0.5) is 0 Å². The summed E-state index contributed by atoms with van der Waals surface area (Å²) in [5, 5.41) is 17.1. The van der Waals surface area contributed by atoms with Crippen molar-refractivity contribution in [3.8, 4) is 0 Å². The summed E-state index contributed by atoms with van der Waals surface area (Å²) < 4.78 is 0. The minimum atomic E-state index is -1.37. The second-order valence-corrected chi connectivity index (χ2v) is 1.71. The number of benzene rings is 1. The van der Waals surface area contributed by atoms with Gasteiger partial charge in [-0.25, -0.2) is 0 Å². The van der Waals surface area contributed by atoms with Crippen LogP contribution >= 0.6 is 0 Å². The Morgan fingerprint density at radius 2 is 2.10 bits per heavy atom. The molecule has 10 heavy (non-hydrogen) atoms. The molecule has 0 aliphatic rings. The molecule has 0 spiro atoms. The zero-order valence-corrected chi connectivity index (χ0v) is 8.20. The van der Waals surface area contributed by atoms with Gasteiger partial charge in [0.2, 0.25) is 0 Å². The van der Waals surface area contributed by atoms with Gasteiger partial charge in [-0.3, -0.25) is 0 Å². The van der Waals surface area contributed by atoms with Gasteiger partial charge in [-0.1, -0.05) is 0 Å². The van der Waals surface area contributed by atoms with Gasteiger partial charge in [-0.2, -0.15) is 30.3 Å². The maximum Gasteiger partial charge on any atom is 0.412 e. The van der Waals surface area contributed by atoms with E-state index in [0.29, 0.717) is 5.46 Å². The second-order valence-electron chi connectivity index (χ2n) is 1.71. The summed E-state index contributed by atoms with van der Waals surface area (Å²) in [4.78, 5) is 0. The Morgan fingerprint density at radius 1 is 1.40 bits per heavy atom. The van der Waals surface area contributed by atoms with Gasteiger partial charge in [0.1, 0.15) is 0 Å². The molecule has 0 unspecified atom stereocenters. The van der Waals surface area contributed by atoms with Crippen molar-refractivity contribution < 1.29 is 42.8 Å². The Kier molecular flexibility index (Phi) is 5.18. The summed E-state index contributed by atoms with van der Waals surface area (Å²) in [6.07, 6.45) is 0. The number of rotatable bonds is 1. The van der Waals surface area contributed by atoms with E-state index in [1.807, 2.05) is 0 Å². The van der Waals surface area contributed by atoms with E-state index in [9.17, 15) is 0 Å². The molecule has 0 atom stereocenters. The minimum absolute atomic E-state index is 0. The molecule has 0 saturated heterocycles. The molecular formula is C6H6BO2Y-. The van der Waals surface area contributed by atoms with Gasteiger partial charge in [0, 0.05) is 32.7 Å². The first kappa shape index (κ1) is 10.3. The van der Waals surface area contributed by atoms with Crippen molar-refractivity contribution in [2.45, 2.75) is 0 Å². The molecule has 0 saturated carbocycles. The maximum atomic E-state index is 8.56. The average Bonchev–Trinajstić information content (AvgIpc) is 1.90. The van der Waals surface area contributed by atoms with Crippen LogP contribution in [0.25, 0.3) is 0 Å². The van der Waals surface area contributed by atoms with E-state index in [1.54, 1.807) is 18.2 Å². The topological polar surface area (TPSA) is 40.5 Å². The SMILES string of the molecule is OB(O)c1c[c-]ccc1.[Y]. The van der Waals surface area contributed by atoms with Gasteiger partial charge in [-0.15, -0.1) is 5.46 Å². The van der Waals surface area contributed by atoms with Crippen molar-refractivity contribution in [3.63, 3.8) is 0 Å². The summed E-state index contributed by atoms with van der Waals surface area (Å²) in [5.74, 6) is 0. The molecule has 0 fully saturated rings. The Hall–Kier alpha value is 0.309. The van der Waals surface area contributed by atoms with Gasteiger partial charge < -0.3 is 10.0 Å². The molecule has 49 valence electrons. The maximum absolute atomic E-state index is 8.56. The molecule has 0 amide bonds. The van der Waals surface area contributed by atoms with Crippen LogP contribution in [0, 0.1) is 6.07 Å². The molecule has 0 aromatic heterocycles. The second kappa shape index (κ2) is 5.03. The van der Waals surface area contributed by atoms with Crippen molar-refractivity contribution >= 4 is 12.6 Å². The van der Waals surface area contributed by atoms with Gasteiger partial charge in [-0.05, 0) is 0 Å². The van der Waals surface area contributed by atoms with E-state index in [2.05, 4.69) is 6.07 Å². The van der Waals surface area contributed by atoms with Gasteiger partial charge in [0.15, 0.2) is 0 Å². The first-order chi connectivity index (χ1) is 4.30. The van der Waals surface area contributed by atoms with Gasteiger partial charge in [0.25, 0.3) is 0 Å². The number of hydrogen-bond donors (Lipinski definition) is 2. The smallest absolute Gasteiger partial charge is 0.412 e. The Morgan fingerprint density at radius 3 is 2.40 bits per heavy atom. The standard InChI is InChI=1S/C6H6BO2.Y/c8-7(9)6-4-2-1-3-5-6;/h1-2,4-5,8-9H;/q-1;. The van der Waals surface area contributed by atoms with Crippen LogP contribution in [0.15, 0.2) is 24.3 Å². The largest absolute Gasteiger partial charge is 0.434 e. The summed E-state index contributed by atoms with van der Waals surface area (Å²) in [6.45, 7) is 0.